The molecule has 2 heteroatoms. The van der Waals surface area contributed by atoms with Gasteiger partial charge in [-0.15, -0.1) is 0 Å². The highest BCUT2D eigenvalue weighted by Gasteiger charge is 2.41. The summed E-state index contributed by atoms with van der Waals surface area (Å²) in [6.07, 6.45) is 5.99. The van der Waals surface area contributed by atoms with E-state index in [1.807, 2.05) is 12.1 Å². The predicted octanol–water partition coefficient (Wildman–Crippen LogP) is 10.3. The summed E-state index contributed by atoms with van der Waals surface area (Å²) in [4.78, 5) is 0. The van der Waals surface area contributed by atoms with E-state index in [0.29, 0.717) is 10.8 Å². The summed E-state index contributed by atoms with van der Waals surface area (Å²) in [7, 11) is -2.89. The van der Waals surface area contributed by atoms with Crippen molar-refractivity contribution < 1.29 is 9.90 Å². The van der Waals surface area contributed by atoms with Gasteiger partial charge in [-0.1, -0.05) is 170 Å². The third-order valence-corrected chi connectivity index (χ3v) is 16.0. The van der Waals surface area contributed by atoms with Crippen molar-refractivity contribution in [3.63, 3.8) is 0 Å². The van der Waals surface area contributed by atoms with Crippen molar-refractivity contribution in [2.75, 3.05) is 0 Å². The molecule has 1 nitrogen and oxygen atoms in total. The van der Waals surface area contributed by atoms with Crippen LogP contribution in [-0.2, 0) is 12.8 Å². The Balaban J connectivity index is 1.34. The minimum absolute atomic E-state index is 0.0198. The van der Waals surface area contributed by atoms with E-state index < -0.39 is 8.07 Å². The second-order valence-corrected chi connectivity index (χ2v) is 17.7. The molecule has 1 aliphatic rings. The van der Waals surface area contributed by atoms with Crippen LogP contribution in [0, 0.1) is 0 Å². The number of aryl methyl sites for hydroxylation is 1. The first-order chi connectivity index (χ1) is 27.5. The number of hydrogen-bond donors (Lipinski definition) is 0. The van der Waals surface area contributed by atoms with Gasteiger partial charge >= 0.3 is 0 Å². The molecule has 1 aromatic heterocycles. The summed E-state index contributed by atoms with van der Waals surface area (Å²) >= 11 is 0. The largest absolute Gasteiger partial charge is 0.464 e. The number of fused-ring (bicyclic) bond motifs is 4. The molecule has 0 fully saturated rings. The second kappa shape index (κ2) is 12.7. The average Bonchev–Trinajstić information content (AvgIpc) is 3.68. The fourth-order valence-corrected chi connectivity index (χ4v) is 13.7. The van der Waals surface area contributed by atoms with Crippen LogP contribution in [0.15, 0.2) is 187 Å². The van der Waals surface area contributed by atoms with Crippen molar-refractivity contribution in [3.8, 4) is 22.3 Å². The molecule has 1 heterocycles. The highest BCUT2D eigenvalue weighted by atomic mass is 28.3. The minimum atomic E-state index is -2.89. The summed E-state index contributed by atoms with van der Waals surface area (Å²) in [6, 6.07) is 53.3. The van der Waals surface area contributed by atoms with Crippen LogP contribution in [0.25, 0.3) is 54.8 Å². The predicted molar refractivity (Wildman–Crippen MR) is 222 cm³/mol. The molecule has 0 amide bonds. The Labute approximate surface area is 311 Å². The minimum Gasteiger partial charge on any atom is -0.464 e. The van der Waals surface area contributed by atoms with E-state index in [9.17, 15) is 2.74 Å². The average molecular weight is 687 g/mol. The third-order valence-electron chi connectivity index (χ3n) is 11.2. The lowest BCUT2D eigenvalue weighted by Crippen LogP contribution is -2.74. The molecule has 0 saturated heterocycles. The molecule has 52 heavy (non-hydrogen) atoms. The van der Waals surface area contributed by atoms with E-state index in [2.05, 4.69) is 140 Å². The maximum atomic E-state index is 9.56. The second-order valence-electron chi connectivity index (χ2n) is 13.9. The number of hydrogen-bond acceptors (Lipinski definition) is 1. The SMILES string of the molecule is [2H]c1c([2H])c([2H])c2c(-c3coc4ccc([Si](c5ccccc5)(c5ccccc5)c5ccccc5)cc34)c3ccccc3c(-c3cccc4c3CCCC4)c2c1[2H]. The highest BCUT2D eigenvalue weighted by Crippen LogP contribution is 2.47. The van der Waals surface area contributed by atoms with Crippen LogP contribution >= 0.6 is 0 Å². The highest BCUT2D eigenvalue weighted by molar-refractivity contribution is 7.20. The van der Waals surface area contributed by atoms with Crippen LogP contribution in [0.1, 0.15) is 29.5 Å². The van der Waals surface area contributed by atoms with Crippen LogP contribution in [0.5, 0.6) is 0 Å². The van der Waals surface area contributed by atoms with E-state index in [4.69, 9.17) is 7.16 Å². The molecule has 8 aromatic carbocycles. The van der Waals surface area contributed by atoms with E-state index in [1.54, 1.807) is 6.26 Å². The van der Waals surface area contributed by atoms with Crippen LogP contribution in [-0.4, -0.2) is 8.07 Å². The maximum absolute atomic E-state index is 9.56. The lowest BCUT2D eigenvalue weighted by molar-refractivity contribution is 0.617. The lowest BCUT2D eigenvalue weighted by Gasteiger charge is -2.34. The summed E-state index contributed by atoms with van der Waals surface area (Å²) < 4.78 is 43.4. The smallest absolute Gasteiger partial charge is 0.179 e. The molecule has 0 N–H and O–H groups in total. The Morgan fingerprint density at radius 3 is 1.63 bits per heavy atom. The van der Waals surface area contributed by atoms with Crippen molar-refractivity contribution in [1.29, 1.82) is 0 Å². The third kappa shape index (κ3) is 4.75. The van der Waals surface area contributed by atoms with E-state index >= 15 is 0 Å². The van der Waals surface area contributed by atoms with Gasteiger partial charge in [-0.25, -0.2) is 0 Å². The molecule has 0 saturated carbocycles. The molecule has 0 radical (unpaired) electrons. The van der Waals surface area contributed by atoms with Gasteiger partial charge in [0, 0.05) is 16.5 Å². The summed E-state index contributed by atoms with van der Waals surface area (Å²) in [5.41, 5.74) is 6.84. The summed E-state index contributed by atoms with van der Waals surface area (Å²) in [5, 5.41) is 8.86. The molecule has 248 valence electrons. The van der Waals surface area contributed by atoms with Gasteiger partial charge in [0.05, 0.1) is 11.7 Å². The maximum Gasteiger partial charge on any atom is 0.179 e. The molecule has 0 bridgehead atoms. The zero-order valence-electron chi connectivity index (χ0n) is 32.7. The van der Waals surface area contributed by atoms with Gasteiger partial charge in [0.15, 0.2) is 8.07 Å². The Morgan fingerprint density at radius 2 is 1.02 bits per heavy atom. The van der Waals surface area contributed by atoms with Gasteiger partial charge in [0.25, 0.3) is 0 Å². The van der Waals surface area contributed by atoms with Crippen LogP contribution in [0.2, 0.25) is 0 Å². The van der Waals surface area contributed by atoms with E-state index in [-0.39, 0.29) is 24.2 Å². The fourth-order valence-electron chi connectivity index (χ4n) is 8.97. The first-order valence-electron chi connectivity index (χ1n) is 20.2. The molecule has 10 rings (SSSR count). The molecule has 0 spiro atoms. The molecule has 1 aliphatic carbocycles. The van der Waals surface area contributed by atoms with Gasteiger partial charge < -0.3 is 4.42 Å². The fraction of sp³-hybridized carbons (Fsp3) is 0.0800. The van der Waals surface area contributed by atoms with E-state index in [1.165, 1.54) is 31.9 Å². The van der Waals surface area contributed by atoms with Gasteiger partial charge in [-0.05, 0) is 96.3 Å². The Morgan fingerprint density at radius 1 is 0.462 bits per heavy atom. The molecular weight excluding hydrogens is 645 g/mol. The normalized spacial score (nSPS) is 14.2. The number of rotatable bonds is 6. The van der Waals surface area contributed by atoms with Crippen LogP contribution in [0.4, 0.5) is 0 Å². The standard InChI is InChI=1S/C50H38OSi/c1-4-19-36(20-5-1)52(37-21-6-2-7-22-37,38-23-8-3-9-24-38)39-31-32-48-46(33-39)47(34-51-48)50-44-28-14-12-26-42(44)49(43-27-13-15-29-45(43)50)41-30-16-18-35-17-10-11-25-40(35)41/h1-9,12-16,18-24,26-34H,10-11,17,25H2/i12D,14D,26D,28D. The van der Waals surface area contributed by atoms with Crippen LogP contribution in [0.3, 0.4) is 0 Å². The molecule has 0 atom stereocenters. The molecule has 0 aliphatic heterocycles. The quantitative estimate of drug-likeness (QED) is 0.0964. The van der Waals surface area contributed by atoms with E-state index in [0.717, 1.165) is 69.7 Å². The first-order valence-corrected chi connectivity index (χ1v) is 20.2. The molecule has 9 aromatic rings. The summed E-state index contributed by atoms with van der Waals surface area (Å²) in [5.74, 6) is 0. The van der Waals surface area contributed by atoms with Gasteiger partial charge in [-0.2, -0.15) is 0 Å². The zero-order chi connectivity index (χ0) is 38.0. The number of benzene rings is 8. The first kappa shape index (κ1) is 26.8. The van der Waals surface area contributed by atoms with Gasteiger partial charge in [-0.3, -0.25) is 0 Å². The van der Waals surface area contributed by atoms with Crippen molar-refractivity contribution in [3.05, 3.63) is 193 Å². The van der Waals surface area contributed by atoms with Gasteiger partial charge in [0.1, 0.15) is 5.58 Å². The zero-order valence-corrected chi connectivity index (χ0v) is 29.7. The molecule has 0 unspecified atom stereocenters. The summed E-state index contributed by atoms with van der Waals surface area (Å²) in [6.45, 7) is 0. The van der Waals surface area contributed by atoms with Crippen molar-refractivity contribution >= 4 is 61.3 Å². The monoisotopic (exact) mass is 686 g/mol. The topological polar surface area (TPSA) is 13.1 Å². The lowest BCUT2D eigenvalue weighted by atomic mass is 9.81. The Bertz CT molecular complexity index is 2860. The molecular formula is C50H38OSi. The van der Waals surface area contributed by atoms with Crippen molar-refractivity contribution in [1.82, 2.24) is 0 Å². The number of furan rings is 1. The van der Waals surface area contributed by atoms with Crippen LogP contribution < -0.4 is 20.7 Å². The van der Waals surface area contributed by atoms with Crippen molar-refractivity contribution in [2.45, 2.75) is 25.7 Å². The Hall–Kier alpha value is -5.96. The van der Waals surface area contributed by atoms with Gasteiger partial charge in [0.2, 0.25) is 0 Å². The Kier molecular flexibility index (Phi) is 6.53. The van der Waals surface area contributed by atoms with Crippen molar-refractivity contribution in [2.24, 2.45) is 0 Å².